The van der Waals surface area contributed by atoms with E-state index in [0.717, 1.165) is 0 Å². The summed E-state index contributed by atoms with van der Waals surface area (Å²) in [6, 6.07) is 5.57. The van der Waals surface area contributed by atoms with Gasteiger partial charge in [0.15, 0.2) is 4.77 Å². The van der Waals surface area contributed by atoms with E-state index < -0.39 is 10.1 Å². The van der Waals surface area contributed by atoms with E-state index in [4.69, 9.17) is 12.2 Å². The number of aromatic amines is 1. The fourth-order valence-corrected chi connectivity index (χ4v) is 1.94. The van der Waals surface area contributed by atoms with Crippen molar-refractivity contribution in [2.24, 2.45) is 0 Å². The molecule has 0 radical (unpaired) electrons. The number of hydrogen-bond acceptors (Lipinski definition) is 5. The van der Waals surface area contributed by atoms with Crippen molar-refractivity contribution in [1.82, 2.24) is 14.8 Å². The molecule has 0 fully saturated rings. The van der Waals surface area contributed by atoms with Crippen LogP contribution in [-0.2, 0) is 10.1 Å². The number of H-pyrrole nitrogens is 1. The maximum Gasteiger partial charge on any atom is 1.00 e. The Morgan fingerprint density at radius 1 is 1.41 bits per heavy atom. The third-order valence-corrected chi connectivity index (χ3v) is 3.06. The Balaban J connectivity index is 0.00000144. The molecule has 1 aromatic heterocycles. The van der Waals surface area contributed by atoms with Crippen LogP contribution in [0.15, 0.2) is 35.5 Å². The smallest absolute Gasteiger partial charge is 0.744 e. The normalized spacial score (nSPS) is 10.9. The first-order valence-corrected chi connectivity index (χ1v) is 5.98. The SMILES string of the molecule is O=S(=O)([O-])c1cccc(-n2cn[nH]c2=S)c1.[Na+]. The number of rotatable bonds is 2. The Hall–Kier alpha value is -0.510. The van der Waals surface area contributed by atoms with Crippen molar-refractivity contribution in [2.75, 3.05) is 0 Å². The molecule has 2 rings (SSSR count). The molecule has 6 nitrogen and oxygen atoms in total. The minimum Gasteiger partial charge on any atom is -0.744 e. The molecular formula is C8H6N3NaO3S2. The summed E-state index contributed by atoms with van der Waals surface area (Å²) >= 11 is 4.92. The number of nitrogens with zero attached hydrogens (tertiary/aromatic N) is 2. The Kier molecular flexibility index (Phi) is 4.64. The van der Waals surface area contributed by atoms with E-state index in [1.54, 1.807) is 6.07 Å². The zero-order valence-corrected chi connectivity index (χ0v) is 12.5. The summed E-state index contributed by atoms with van der Waals surface area (Å²) < 4.78 is 34.3. The van der Waals surface area contributed by atoms with Gasteiger partial charge in [-0.05, 0) is 30.4 Å². The van der Waals surface area contributed by atoms with Crippen LogP contribution < -0.4 is 29.6 Å². The zero-order valence-electron chi connectivity index (χ0n) is 8.82. The van der Waals surface area contributed by atoms with Crippen LogP contribution in [0.1, 0.15) is 0 Å². The molecule has 84 valence electrons. The Bertz CT molecular complexity index is 677. The van der Waals surface area contributed by atoms with Crippen LogP contribution in [0.5, 0.6) is 0 Å². The topological polar surface area (TPSA) is 90.8 Å². The molecule has 1 N–H and O–H groups in total. The Morgan fingerprint density at radius 3 is 2.65 bits per heavy atom. The number of nitrogens with one attached hydrogen (secondary N) is 1. The number of aromatic nitrogens is 3. The van der Waals surface area contributed by atoms with Crippen molar-refractivity contribution < 1.29 is 42.5 Å². The second kappa shape index (κ2) is 5.42. The molecule has 0 aliphatic heterocycles. The van der Waals surface area contributed by atoms with E-state index in [0.29, 0.717) is 10.5 Å². The largest absolute Gasteiger partial charge is 1.00 e. The second-order valence-corrected chi connectivity index (χ2v) is 4.75. The van der Waals surface area contributed by atoms with E-state index in [1.807, 2.05) is 0 Å². The molecule has 2 aromatic rings. The maximum atomic E-state index is 10.8. The molecule has 1 aromatic carbocycles. The molecule has 0 aliphatic carbocycles. The summed E-state index contributed by atoms with van der Waals surface area (Å²) in [5.74, 6) is 0. The molecule has 0 atom stereocenters. The van der Waals surface area contributed by atoms with Crippen molar-refractivity contribution in [3.05, 3.63) is 35.4 Å². The van der Waals surface area contributed by atoms with Crippen LogP contribution in [0.3, 0.4) is 0 Å². The summed E-state index contributed by atoms with van der Waals surface area (Å²) in [5, 5.41) is 6.22. The van der Waals surface area contributed by atoms with Gasteiger partial charge >= 0.3 is 29.6 Å². The molecule has 0 amide bonds. The third-order valence-electron chi connectivity index (χ3n) is 1.94. The second-order valence-electron chi connectivity index (χ2n) is 2.98. The van der Waals surface area contributed by atoms with Gasteiger partial charge in [-0.15, -0.1) is 0 Å². The van der Waals surface area contributed by atoms with Gasteiger partial charge in [-0.25, -0.2) is 8.42 Å². The van der Waals surface area contributed by atoms with E-state index in [1.165, 1.54) is 29.1 Å². The monoisotopic (exact) mass is 279 g/mol. The summed E-state index contributed by atoms with van der Waals surface area (Å²) in [6.45, 7) is 0. The van der Waals surface area contributed by atoms with Gasteiger partial charge in [0.05, 0.1) is 10.6 Å². The molecule has 0 saturated heterocycles. The van der Waals surface area contributed by atoms with Crippen molar-refractivity contribution in [3.63, 3.8) is 0 Å². The molecule has 9 heteroatoms. The molecule has 0 aliphatic rings. The molecule has 1 heterocycles. The van der Waals surface area contributed by atoms with Gasteiger partial charge in [-0.1, -0.05) is 6.07 Å². The van der Waals surface area contributed by atoms with Crippen LogP contribution in [-0.4, -0.2) is 27.7 Å². The minimum atomic E-state index is -4.46. The van der Waals surface area contributed by atoms with Crippen molar-refractivity contribution in [3.8, 4) is 5.69 Å². The van der Waals surface area contributed by atoms with Gasteiger partial charge in [0, 0.05) is 0 Å². The molecule has 0 bridgehead atoms. The van der Waals surface area contributed by atoms with Crippen molar-refractivity contribution >= 4 is 22.3 Å². The molecule has 0 spiro atoms. The van der Waals surface area contributed by atoms with E-state index in [-0.39, 0.29) is 34.5 Å². The molecule has 17 heavy (non-hydrogen) atoms. The fourth-order valence-electron chi connectivity index (χ4n) is 1.22. The Labute approximate surface area is 125 Å². The fraction of sp³-hybridized carbons (Fsp3) is 0. The third kappa shape index (κ3) is 3.24. The summed E-state index contributed by atoms with van der Waals surface area (Å²) in [5.41, 5.74) is 0.468. The summed E-state index contributed by atoms with van der Waals surface area (Å²) in [7, 11) is -4.46. The average molecular weight is 279 g/mol. The van der Waals surface area contributed by atoms with Gasteiger partial charge < -0.3 is 4.55 Å². The molecule has 0 saturated carbocycles. The summed E-state index contributed by atoms with van der Waals surface area (Å²) in [6.07, 6.45) is 1.40. The summed E-state index contributed by atoms with van der Waals surface area (Å²) in [4.78, 5) is -0.298. The first kappa shape index (κ1) is 14.6. The van der Waals surface area contributed by atoms with E-state index in [9.17, 15) is 13.0 Å². The van der Waals surface area contributed by atoms with Crippen LogP contribution in [0.25, 0.3) is 5.69 Å². The van der Waals surface area contributed by atoms with Gasteiger partial charge in [-0.3, -0.25) is 9.67 Å². The first-order valence-electron chi connectivity index (χ1n) is 4.17. The number of hydrogen-bond donors (Lipinski definition) is 1. The average Bonchev–Trinajstić information content (AvgIpc) is 2.63. The quantitative estimate of drug-likeness (QED) is 0.384. The van der Waals surface area contributed by atoms with Crippen LogP contribution in [0.4, 0.5) is 0 Å². The van der Waals surface area contributed by atoms with Gasteiger partial charge in [0.2, 0.25) is 0 Å². The maximum absolute atomic E-state index is 10.8. The van der Waals surface area contributed by atoms with Crippen molar-refractivity contribution in [2.45, 2.75) is 4.90 Å². The van der Waals surface area contributed by atoms with Gasteiger partial charge in [0.25, 0.3) is 0 Å². The predicted molar refractivity (Wildman–Crippen MR) is 56.7 cm³/mol. The first-order chi connectivity index (χ1) is 7.48. The van der Waals surface area contributed by atoms with Gasteiger partial charge in [0.1, 0.15) is 16.4 Å². The number of benzene rings is 1. The minimum absolute atomic E-state index is 0. The molecular weight excluding hydrogens is 273 g/mol. The molecule has 0 unspecified atom stereocenters. The van der Waals surface area contributed by atoms with Crippen LogP contribution in [0.2, 0.25) is 0 Å². The van der Waals surface area contributed by atoms with Crippen molar-refractivity contribution in [1.29, 1.82) is 0 Å². The standard InChI is InChI=1S/C8H7N3O3S2.Na/c12-16(13,14)7-3-1-2-6(4-7)11-5-9-10-8(11)15;/h1-5H,(H,10,15)(H,12,13,14);/q;+1/p-1. The Morgan fingerprint density at radius 2 is 2.12 bits per heavy atom. The van der Waals surface area contributed by atoms with E-state index in [2.05, 4.69) is 10.2 Å². The van der Waals surface area contributed by atoms with Crippen LogP contribution in [0, 0.1) is 4.77 Å². The van der Waals surface area contributed by atoms with E-state index >= 15 is 0 Å². The zero-order chi connectivity index (χ0) is 11.8. The predicted octanol–water partition coefficient (Wildman–Crippen LogP) is -2.16. The van der Waals surface area contributed by atoms with Crippen LogP contribution >= 0.6 is 12.2 Å². The van der Waals surface area contributed by atoms with Gasteiger partial charge in [-0.2, -0.15) is 5.10 Å².